The number of likely N-dealkylation sites (N-methyl/N-ethyl adjacent to an activating group) is 1. The molecule has 3 aromatic rings. The third-order valence-corrected chi connectivity index (χ3v) is 8.16. The van der Waals surface area contributed by atoms with Crippen LogP contribution in [0.4, 0.5) is 27.4 Å². The number of carbonyl (C=O) groups is 3. The topological polar surface area (TPSA) is 138 Å². The number of amides is 3. The lowest BCUT2D eigenvalue weighted by Gasteiger charge is -2.33. The minimum atomic E-state index is -1.75. The van der Waals surface area contributed by atoms with E-state index in [0.717, 1.165) is 23.9 Å². The van der Waals surface area contributed by atoms with E-state index in [4.69, 9.17) is 9.47 Å². The number of anilines is 4. The van der Waals surface area contributed by atoms with Crippen LogP contribution in [0.25, 0.3) is 0 Å². The standard InChI is InChI=1S/C31H34FN7O5/c1-31-28(41)33-9-4-5-10-38(2)17-27(40)39-11-8-19-14-26(43-3)23(15-24(19)39)37-30-34-16-20(32)21(36-30)12-18-6-7-25(44-31)22(13-18)35-29(31)42/h6-7,13-16H,4-5,8-12,17H2,1-3H3,(H,33,41)(H,35,42)(H,34,36,37). The average Bonchev–Trinajstić information content (AvgIpc) is 3.41. The number of nitrogens with one attached hydrogen (secondary N) is 3. The van der Waals surface area contributed by atoms with Crippen molar-refractivity contribution < 1.29 is 28.2 Å². The number of aromatic nitrogens is 2. The second-order valence-corrected chi connectivity index (χ2v) is 11.4. The first-order valence-corrected chi connectivity index (χ1v) is 14.5. The minimum Gasteiger partial charge on any atom is -0.495 e. The first-order valence-electron chi connectivity index (χ1n) is 14.5. The van der Waals surface area contributed by atoms with Gasteiger partial charge in [-0.2, -0.15) is 0 Å². The molecule has 13 heteroatoms. The number of rotatable bonds is 1. The van der Waals surface area contributed by atoms with Gasteiger partial charge in [0.25, 0.3) is 17.4 Å². The van der Waals surface area contributed by atoms with Crippen molar-refractivity contribution in [1.82, 2.24) is 20.2 Å². The van der Waals surface area contributed by atoms with E-state index in [1.54, 1.807) is 30.2 Å². The summed E-state index contributed by atoms with van der Waals surface area (Å²) in [5, 5.41) is 8.71. The van der Waals surface area contributed by atoms with Gasteiger partial charge in [0.1, 0.15) is 11.5 Å². The Morgan fingerprint density at radius 3 is 2.70 bits per heavy atom. The molecule has 0 radical (unpaired) electrons. The van der Waals surface area contributed by atoms with Gasteiger partial charge in [0.05, 0.1) is 36.9 Å². The highest BCUT2D eigenvalue weighted by molar-refractivity contribution is 6.15. The highest BCUT2D eigenvalue weighted by Crippen LogP contribution is 2.39. The van der Waals surface area contributed by atoms with Crippen LogP contribution in [0.1, 0.15) is 36.6 Å². The summed E-state index contributed by atoms with van der Waals surface area (Å²) in [6.07, 6.45) is 3.27. The number of benzene rings is 2. The number of halogens is 1. The Kier molecular flexibility index (Phi) is 7.80. The summed E-state index contributed by atoms with van der Waals surface area (Å²) in [5.41, 5.74) is 1.73. The molecular formula is C31H34FN7O5. The third kappa shape index (κ3) is 5.62. The molecule has 3 amide bonds. The summed E-state index contributed by atoms with van der Waals surface area (Å²) in [6.45, 7) is 3.19. The fraction of sp³-hybridized carbons (Fsp3) is 0.387. The van der Waals surface area contributed by atoms with E-state index in [1.807, 2.05) is 24.1 Å². The molecule has 1 atom stereocenters. The molecule has 8 bridgehead atoms. The van der Waals surface area contributed by atoms with Gasteiger partial charge in [-0.05, 0) is 75.2 Å². The minimum absolute atomic E-state index is 0.0381. The normalized spacial score (nSPS) is 20.8. The average molecular weight is 604 g/mol. The number of methoxy groups -OCH3 is 1. The lowest BCUT2D eigenvalue weighted by atomic mass is 10.00. The second-order valence-electron chi connectivity index (χ2n) is 11.4. The number of ether oxygens (including phenoxy) is 2. The van der Waals surface area contributed by atoms with E-state index in [9.17, 15) is 18.8 Å². The molecule has 0 fully saturated rings. The Labute approximate surface area is 253 Å². The largest absolute Gasteiger partial charge is 0.495 e. The number of hydrogen-bond donors (Lipinski definition) is 3. The van der Waals surface area contributed by atoms with Crippen molar-refractivity contribution in [3.8, 4) is 11.5 Å². The van der Waals surface area contributed by atoms with E-state index < -0.39 is 23.2 Å². The number of fused-ring (bicyclic) bond motifs is 2. The molecule has 44 heavy (non-hydrogen) atoms. The number of carbonyl (C=O) groups excluding carboxylic acids is 3. The van der Waals surface area contributed by atoms with Crippen LogP contribution >= 0.6 is 0 Å². The SMILES string of the molecule is COc1cc2c3cc1Nc1ncc(F)c(n1)Cc1ccc4c(c1)NC(=O)C(C)(O4)C(=O)NCCCCN(C)CC(=O)N3CC2. The number of hydrogen-bond acceptors (Lipinski definition) is 9. The van der Waals surface area contributed by atoms with Crippen molar-refractivity contribution in [1.29, 1.82) is 0 Å². The highest BCUT2D eigenvalue weighted by atomic mass is 19.1. The molecule has 0 saturated heterocycles. The predicted octanol–water partition coefficient (Wildman–Crippen LogP) is 2.78. The Morgan fingerprint density at radius 1 is 1.05 bits per heavy atom. The Balaban J connectivity index is 1.34. The summed E-state index contributed by atoms with van der Waals surface area (Å²) in [4.78, 5) is 51.6. The quantitative estimate of drug-likeness (QED) is 0.359. The molecule has 0 aliphatic carbocycles. The van der Waals surface area contributed by atoms with Gasteiger partial charge >= 0.3 is 0 Å². The van der Waals surface area contributed by atoms with Gasteiger partial charge in [-0.15, -0.1) is 0 Å². The fourth-order valence-corrected chi connectivity index (χ4v) is 5.64. The first-order chi connectivity index (χ1) is 21.1. The van der Waals surface area contributed by atoms with Crippen molar-refractivity contribution in [3.63, 3.8) is 0 Å². The van der Waals surface area contributed by atoms with E-state index >= 15 is 0 Å². The van der Waals surface area contributed by atoms with Crippen molar-refractivity contribution >= 4 is 40.7 Å². The Bertz CT molecular complexity index is 1650. The highest BCUT2D eigenvalue weighted by Gasteiger charge is 2.47. The number of nitrogens with zero attached hydrogens (tertiary/aromatic N) is 4. The molecule has 12 nitrogen and oxygen atoms in total. The van der Waals surface area contributed by atoms with Crippen molar-refractivity contribution in [2.24, 2.45) is 0 Å². The van der Waals surface area contributed by atoms with Gasteiger partial charge in [0, 0.05) is 25.2 Å². The van der Waals surface area contributed by atoms with Gasteiger partial charge in [-0.25, -0.2) is 14.4 Å². The smallest absolute Gasteiger partial charge is 0.278 e. The van der Waals surface area contributed by atoms with Crippen LogP contribution < -0.4 is 30.3 Å². The molecule has 0 spiro atoms. The van der Waals surface area contributed by atoms with Crippen molar-refractivity contribution in [2.45, 2.75) is 38.2 Å². The lowest BCUT2D eigenvalue weighted by molar-refractivity contribution is -0.146. The maximum Gasteiger partial charge on any atom is 0.278 e. The van der Waals surface area contributed by atoms with Crippen LogP contribution in [0.5, 0.6) is 11.5 Å². The molecule has 1 unspecified atom stereocenters. The summed E-state index contributed by atoms with van der Waals surface area (Å²) in [7, 11) is 3.44. The van der Waals surface area contributed by atoms with E-state index in [-0.39, 0.29) is 30.5 Å². The molecule has 5 aliphatic rings. The summed E-state index contributed by atoms with van der Waals surface area (Å²) >= 11 is 0. The second kappa shape index (κ2) is 11.7. The molecule has 230 valence electrons. The maximum atomic E-state index is 14.9. The molecule has 2 aromatic carbocycles. The molecule has 6 heterocycles. The lowest BCUT2D eigenvalue weighted by Crippen LogP contribution is -2.58. The Morgan fingerprint density at radius 2 is 1.89 bits per heavy atom. The molecule has 8 rings (SSSR count). The van der Waals surface area contributed by atoms with E-state index in [2.05, 4.69) is 25.9 Å². The van der Waals surface area contributed by atoms with Crippen LogP contribution in [0.15, 0.2) is 36.5 Å². The zero-order valence-electron chi connectivity index (χ0n) is 24.8. The van der Waals surface area contributed by atoms with Gasteiger partial charge in [0.2, 0.25) is 11.9 Å². The summed E-state index contributed by atoms with van der Waals surface area (Å²) < 4.78 is 26.4. The first kappa shape index (κ1) is 29.3. The van der Waals surface area contributed by atoms with Gasteiger partial charge in [-0.3, -0.25) is 19.3 Å². The van der Waals surface area contributed by atoms with Crippen LogP contribution in [0, 0.1) is 5.82 Å². The molecule has 5 aliphatic heterocycles. The Hall–Kier alpha value is -4.78. The monoisotopic (exact) mass is 603 g/mol. The van der Waals surface area contributed by atoms with E-state index in [1.165, 1.54) is 6.92 Å². The summed E-state index contributed by atoms with van der Waals surface area (Å²) in [6, 6.07) is 8.78. The fourth-order valence-electron chi connectivity index (χ4n) is 5.64. The third-order valence-electron chi connectivity index (χ3n) is 8.16. The molecule has 3 N–H and O–H groups in total. The van der Waals surface area contributed by atoms with Gasteiger partial charge in [-0.1, -0.05) is 6.07 Å². The van der Waals surface area contributed by atoms with Crippen LogP contribution in [-0.4, -0.2) is 78.5 Å². The molecule has 0 saturated carbocycles. The zero-order chi connectivity index (χ0) is 31.0. The van der Waals surface area contributed by atoms with Crippen molar-refractivity contribution in [3.05, 3.63) is 59.2 Å². The molecular weight excluding hydrogens is 569 g/mol. The van der Waals surface area contributed by atoms with Crippen LogP contribution in [0.3, 0.4) is 0 Å². The molecule has 1 aromatic heterocycles. The van der Waals surface area contributed by atoms with Crippen LogP contribution in [0.2, 0.25) is 0 Å². The van der Waals surface area contributed by atoms with Crippen LogP contribution in [-0.2, 0) is 27.2 Å². The van der Waals surface area contributed by atoms with E-state index in [0.29, 0.717) is 60.9 Å². The maximum absolute atomic E-state index is 14.9. The summed E-state index contributed by atoms with van der Waals surface area (Å²) in [5.74, 6) is -0.751. The predicted molar refractivity (Wildman–Crippen MR) is 161 cm³/mol. The zero-order valence-corrected chi connectivity index (χ0v) is 24.8. The van der Waals surface area contributed by atoms with Gasteiger partial charge in [0.15, 0.2) is 5.82 Å². The van der Waals surface area contributed by atoms with Crippen molar-refractivity contribution in [2.75, 3.05) is 55.9 Å². The van der Waals surface area contributed by atoms with Gasteiger partial charge < -0.3 is 30.3 Å².